The maximum atomic E-state index is 14.4. The number of hydrogen-bond acceptors (Lipinski definition) is 10. The van der Waals surface area contributed by atoms with E-state index in [4.69, 9.17) is 14.2 Å². The summed E-state index contributed by atoms with van der Waals surface area (Å²) in [6.07, 6.45) is -5.63. The Kier molecular flexibility index (Phi) is 6.83. The Morgan fingerprint density at radius 2 is 1.77 bits per heavy atom. The summed E-state index contributed by atoms with van der Waals surface area (Å²) in [4.78, 5) is 40.5. The maximum absolute atomic E-state index is 14.4. The Balaban J connectivity index is 1.82. The van der Waals surface area contributed by atoms with Crippen LogP contribution in [0, 0.1) is 22.7 Å². The van der Waals surface area contributed by atoms with Crippen LogP contribution in [0.2, 0.25) is 0 Å². The van der Waals surface area contributed by atoms with Gasteiger partial charge in [0.25, 0.3) is 0 Å². The lowest BCUT2D eigenvalue weighted by Gasteiger charge is -2.67. The third kappa shape index (κ3) is 3.69. The summed E-state index contributed by atoms with van der Waals surface area (Å²) in [5, 5.41) is 46.3. The number of rotatable bonds is 4. The number of ketones is 1. The highest BCUT2D eigenvalue weighted by Gasteiger charge is 2.77. The number of benzene rings is 1. The second-order valence-electron chi connectivity index (χ2n) is 12.5. The van der Waals surface area contributed by atoms with Crippen LogP contribution in [0.5, 0.6) is 0 Å². The molecule has 4 N–H and O–H groups in total. The first-order chi connectivity index (χ1) is 18.7. The second-order valence-corrected chi connectivity index (χ2v) is 12.5. The van der Waals surface area contributed by atoms with Gasteiger partial charge >= 0.3 is 11.9 Å². The highest BCUT2D eigenvalue weighted by atomic mass is 16.6. The molecule has 0 aromatic heterocycles. The minimum Gasteiger partial charge on any atom is -0.455 e. The molecule has 5 rings (SSSR count). The van der Waals surface area contributed by atoms with Crippen molar-refractivity contribution in [3.8, 4) is 0 Å². The number of esters is 2. The lowest BCUT2D eigenvalue weighted by Crippen LogP contribution is -2.81. The Morgan fingerprint density at radius 3 is 2.33 bits per heavy atom. The maximum Gasteiger partial charge on any atom is 0.338 e. The number of hydrogen-bond donors (Lipinski definition) is 4. The third-order valence-corrected chi connectivity index (χ3v) is 10.3. The first-order valence-corrected chi connectivity index (χ1v) is 13.7. The number of aliphatic hydroxyl groups excluding tert-OH is 3. The van der Waals surface area contributed by atoms with Crippen molar-refractivity contribution in [1.82, 2.24) is 0 Å². The summed E-state index contributed by atoms with van der Waals surface area (Å²) >= 11 is 0. The third-order valence-electron chi connectivity index (χ3n) is 10.3. The van der Waals surface area contributed by atoms with E-state index in [1.165, 1.54) is 13.8 Å². The lowest BCUT2D eigenvalue weighted by molar-refractivity contribution is -0.345. The largest absolute Gasteiger partial charge is 0.455 e. The molecule has 9 atom stereocenters. The number of aliphatic hydroxyl groups is 4. The number of ether oxygens (including phenoxy) is 3. The summed E-state index contributed by atoms with van der Waals surface area (Å²) < 4.78 is 17.9. The molecule has 0 amide bonds. The summed E-state index contributed by atoms with van der Waals surface area (Å²) in [7, 11) is 0. The fourth-order valence-electron chi connectivity index (χ4n) is 7.99. The summed E-state index contributed by atoms with van der Waals surface area (Å²) in [5.74, 6) is -4.16. The Bertz CT molecular complexity index is 1260. The van der Waals surface area contributed by atoms with Gasteiger partial charge in [-0.25, -0.2) is 4.79 Å². The van der Waals surface area contributed by atoms with Crippen molar-refractivity contribution in [2.45, 2.75) is 83.1 Å². The van der Waals surface area contributed by atoms with Crippen molar-refractivity contribution in [3.05, 3.63) is 47.0 Å². The Labute approximate surface area is 232 Å². The van der Waals surface area contributed by atoms with Crippen LogP contribution in [-0.4, -0.2) is 87.0 Å². The molecule has 0 spiro atoms. The van der Waals surface area contributed by atoms with Gasteiger partial charge in [-0.1, -0.05) is 37.6 Å². The van der Waals surface area contributed by atoms with Crippen LogP contribution in [0.1, 0.15) is 57.8 Å². The van der Waals surface area contributed by atoms with Gasteiger partial charge in [0.2, 0.25) is 0 Å². The molecular weight excluding hydrogens is 520 g/mol. The smallest absolute Gasteiger partial charge is 0.338 e. The van der Waals surface area contributed by atoms with E-state index >= 15 is 0 Å². The molecule has 1 unspecified atom stereocenters. The van der Waals surface area contributed by atoms with Crippen LogP contribution in [0.4, 0.5) is 0 Å². The molecule has 1 aromatic rings. The van der Waals surface area contributed by atoms with Crippen molar-refractivity contribution in [2.24, 2.45) is 22.7 Å². The molecule has 1 saturated heterocycles. The van der Waals surface area contributed by atoms with Gasteiger partial charge in [0.05, 0.1) is 29.6 Å². The molecule has 10 nitrogen and oxygen atoms in total. The van der Waals surface area contributed by atoms with Crippen LogP contribution < -0.4 is 0 Å². The monoisotopic (exact) mass is 558 g/mol. The van der Waals surface area contributed by atoms with Crippen molar-refractivity contribution in [1.29, 1.82) is 0 Å². The lowest BCUT2D eigenvalue weighted by atomic mass is 9.44. The number of fused-ring (bicyclic) bond motifs is 5. The van der Waals surface area contributed by atoms with Crippen LogP contribution in [-0.2, 0) is 23.8 Å². The van der Waals surface area contributed by atoms with E-state index < -0.39 is 76.0 Å². The van der Waals surface area contributed by atoms with Crippen LogP contribution in [0.25, 0.3) is 0 Å². The molecule has 0 radical (unpaired) electrons. The number of carbonyl (C=O) groups is 3. The molecule has 1 heterocycles. The SMILES string of the molecule is CC(=O)O[C@@]12CO[C@@H]1C[C@H](O)[C@@]1(C)C(=O)[C@H](O)C3=C(C)[C@@H](CO)C[C@@](O)([C@@H](OC(=O)c4ccccc4)C12)C3(C)C. The number of carbonyl (C=O) groups excluding carboxylic acids is 3. The van der Waals surface area contributed by atoms with Gasteiger partial charge in [0.15, 0.2) is 11.4 Å². The van der Waals surface area contributed by atoms with Crippen molar-refractivity contribution in [3.63, 3.8) is 0 Å². The summed E-state index contributed by atoms with van der Waals surface area (Å²) in [5.41, 5.74) is -5.72. The van der Waals surface area contributed by atoms with Gasteiger partial charge in [0.1, 0.15) is 23.9 Å². The zero-order valence-corrected chi connectivity index (χ0v) is 23.4. The van der Waals surface area contributed by atoms with E-state index in [2.05, 4.69) is 0 Å². The van der Waals surface area contributed by atoms with Crippen LogP contribution in [0.3, 0.4) is 0 Å². The summed E-state index contributed by atoms with van der Waals surface area (Å²) in [6, 6.07) is 8.15. The van der Waals surface area contributed by atoms with Crippen molar-refractivity contribution < 1.29 is 49.0 Å². The van der Waals surface area contributed by atoms with Gasteiger partial charge in [-0.2, -0.15) is 0 Å². The minimum absolute atomic E-state index is 0.0722. The predicted molar refractivity (Wildman–Crippen MR) is 140 cm³/mol. The first kappa shape index (κ1) is 28.9. The molecule has 1 aromatic carbocycles. The number of Topliss-reactive ketones (excluding diaryl/α,β-unsaturated/α-hetero) is 1. The van der Waals surface area contributed by atoms with Gasteiger partial charge < -0.3 is 34.6 Å². The molecule has 4 aliphatic rings. The Morgan fingerprint density at radius 1 is 1.12 bits per heavy atom. The second kappa shape index (κ2) is 9.46. The minimum atomic E-state index is -1.97. The molecule has 218 valence electrons. The zero-order valence-electron chi connectivity index (χ0n) is 23.4. The quantitative estimate of drug-likeness (QED) is 0.314. The van der Waals surface area contributed by atoms with E-state index in [-0.39, 0.29) is 37.2 Å². The normalized spacial score (nSPS) is 42.0. The van der Waals surface area contributed by atoms with Crippen molar-refractivity contribution in [2.75, 3.05) is 13.2 Å². The highest BCUT2D eigenvalue weighted by molar-refractivity contribution is 5.94. The van der Waals surface area contributed by atoms with E-state index in [9.17, 15) is 34.8 Å². The van der Waals surface area contributed by atoms with E-state index in [1.54, 1.807) is 51.1 Å². The molecule has 2 bridgehead atoms. The Hall–Kier alpha value is -2.63. The molecule has 2 saturated carbocycles. The van der Waals surface area contributed by atoms with E-state index in [1.807, 2.05) is 0 Å². The first-order valence-electron chi connectivity index (χ1n) is 13.7. The van der Waals surface area contributed by atoms with Crippen molar-refractivity contribution >= 4 is 17.7 Å². The molecule has 40 heavy (non-hydrogen) atoms. The molecule has 1 aliphatic heterocycles. The van der Waals surface area contributed by atoms with Gasteiger partial charge in [-0.3, -0.25) is 9.59 Å². The topological polar surface area (TPSA) is 160 Å². The molecular formula is C30H38O10. The van der Waals surface area contributed by atoms with Gasteiger partial charge in [0, 0.05) is 31.3 Å². The molecule has 3 fully saturated rings. The van der Waals surface area contributed by atoms with E-state index in [0.717, 1.165) is 0 Å². The van der Waals surface area contributed by atoms with Gasteiger partial charge in [-0.05, 0) is 38.0 Å². The van der Waals surface area contributed by atoms with Crippen LogP contribution in [0.15, 0.2) is 41.5 Å². The zero-order chi connectivity index (χ0) is 29.4. The summed E-state index contributed by atoms with van der Waals surface area (Å²) in [6.45, 7) is 7.15. The highest BCUT2D eigenvalue weighted by Crippen LogP contribution is 2.64. The molecule has 10 heteroatoms. The standard InChI is InChI=1S/C30H38O10/c1-15-18(13-31)12-30(37)25(39-26(36)17-9-7-6-8-10-17)23-28(5,24(35)22(34)21(15)27(30,3)4)19(33)11-20-29(23,14-38-20)40-16(2)32/h6-10,18-20,22-23,25,31,33-34,37H,11-14H2,1-5H3/t18-,19+,20-,22-,23?,25+,28-,29+,30-/m1/s1. The average molecular weight is 559 g/mol. The van der Waals surface area contributed by atoms with Gasteiger partial charge in [-0.15, -0.1) is 0 Å². The fourth-order valence-corrected chi connectivity index (χ4v) is 7.99. The fraction of sp³-hybridized carbons (Fsp3) is 0.633. The predicted octanol–water partition coefficient (Wildman–Crippen LogP) is 1.33. The van der Waals surface area contributed by atoms with E-state index in [0.29, 0.717) is 5.57 Å². The van der Waals surface area contributed by atoms with Crippen LogP contribution >= 0.6 is 0 Å². The molecule has 3 aliphatic carbocycles. The average Bonchev–Trinajstić information content (AvgIpc) is 2.90.